The first-order valence-electron chi connectivity index (χ1n) is 9.26. The summed E-state index contributed by atoms with van der Waals surface area (Å²) in [4.78, 5) is 16.9. The van der Waals surface area contributed by atoms with Gasteiger partial charge in [-0.15, -0.1) is 0 Å². The molecule has 0 unspecified atom stereocenters. The topological polar surface area (TPSA) is 65.0 Å². The van der Waals surface area contributed by atoms with E-state index in [1.165, 1.54) is 0 Å². The number of para-hydroxylation sites is 3. The number of hydrogen-bond donors (Lipinski definition) is 2. The van der Waals surface area contributed by atoms with E-state index in [0.717, 1.165) is 43.2 Å². The SMILES string of the molecule is COc1ccccc1CNC(=O)[C@H](C)N1CCN(c2ccccc2O)CC1. The first-order valence-corrected chi connectivity index (χ1v) is 9.26. The summed E-state index contributed by atoms with van der Waals surface area (Å²) in [5, 5.41) is 13.0. The summed E-state index contributed by atoms with van der Waals surface area (Å²) in [5.41, 5.74) is 1.82. The van der Waals surface area contributed by atoms with Crippen LogP contribution < -0.4 is 15.0 Å². The van der Waals surface area contributed by atoms with Gasteiger partial charge in [0, 0.05) is 38.3 Å². The van der Waals surface area contributed by atoms with E-state index in [1.807, 2.05) is 49.4 Å². The molecule has 0 radical (unpaired) electrons. The predicted molar refractivity (Wildman–Crippen MR) is 106 cm³/mol. The summed E-state index contributed by atoms with van der Waals surface area (Å²) in [6.07, 6.45) is 0. The van der Waals surface area contributed by atoms with Gasteiger partial charge in [0.2, 0.25) is 5.91 Å². The number of ether oxygens (including phenoxy) is 1. The Kier molecular flexibility index (Phi) is 6.19. The number of amides is 1. The molecular formula is C21H27N3O3. The van der Waals surface area contributed by atoms with Crippen LogP contribution in [0.3, 0.4) is 0 Å². The highest BCUT2D eigenvalue weighted by molar-refractivity contribution is 5.81. The molecule has 1 saturated heterocycles. The lowest BCUT2D eigenvalue weighted by Crippen LogP contribution is -2.53. The van der Waals surface area contributed by atoms with E-state index in [2.05, 4.69) is 15.1 Å². The first-order chi connectivity index (χ1) is 13.1. The van der Waals surface area contributed by atoms with E-state index < -0.39 is 0 Å². The van der Waals surface area contributed by atoms with Gasteiger partial charge in [-0.2, -0.15) is 0 Å². The van der Waals surface area contributed by atoms with Crippen molar-refractivity contribution in [1.82, 2.24) is 10.2 Å². The molecule has 1 aliphatic rings. The molecule has 6 nitrogen and oxygen atoms in total. The Morgan fingerprint density at radius 2 is 1.78 bits per heavy atom. The number of carbonyl (C=O) groups excluding carboxylic acids is 1. The summed E-state index contributed by atoms with van der Waals surface area (Å²) < 4.78 is 5.33. The van der Waals surface area contributed by atoms with Gasteiger partial charge in [0.25, 0.3) is 0 Å². The fourth-order valence-corrected chi connectivity index (χ4v) is 3.43. The number of carbonyl (C=O) groups is 1. The van der Waals surface area contributed by atoms with Crippen LogP contribution >= 0.6 is 0 Å². The number of phenolic OH excluding ortho intramolecular Hbond substituents is 1. The van der Waals surface area contributed by atoms with E-state index in [0.29, 0.717) is 12.3 Å². The second-order valence-corrected chi connectivity index (χ2v) is 6.72. The van der Waals surface area contributed by atoms with Crippen molar-refractivity contribution in [3.8, 4) is 11.5 Å². The molecule has 1 heterocycles. The Morgan fingerprint density at radius 3 is 2.48 bits per heavy atom. The Balaban J connectivity index is 1.52. The van der Waals surface area contributed by atoms with Crippen molar-refractivity contribution in [1.29, 1.82) is 0 Å². The maximum absolute atomic E-state index is 12.6. The standard InChI is InChI=1S/C21H27N3O3/c1-16(21(26)22-15-17-7-3-6-10-20(17)27-2)23-11-13-24(14-12-23)18-8-4-5-9-19(18)25/h3-10,16,25H,11-15H2,1-2H3,(H,22,26)/t16-/m0/s1. The summed E-state index contributed by atoms with van der Waals surface area (Å²) in [5.74, 6) is 1.09. The fourth-order valence-electron chi connectivity index (χ4n) is 3.43. The molecule has 0 bridgehead atoms. The van der Waals surface area contributed by atoms with Crippen LogP contribution in [0.15, 0.2) is 48.5 Å². The minimum Gasteiger partial charge on any atom is -0.506 e. The minimum atomic E-state index is -0.203. The lowest BCUT2D eigenvalue weighted by Gasteiger charge is -2.38. The number of nitrogens with zero attached hydrogens (tertiary/aromatic N) is 2. The molecule has 2 aromatic carbocycles. The zero-order valence-electron chi connectivity index (χ0n) is 15.9. The van der Waals surface area contributed by atoms with Crippen molar-refractivity contribution < 1.29 is 14.6 Å². The monoisotopic (exact) mass is 369 g/mol. The van der Waals surface area contributed by atoms with Crippen LogP contribution in [0.4, 0.5) is 5.69 Å². The maximum Gasteiger partial charge on any atom is 0.237 e. The van der Waals surface area contributed by atoms with Crippen molar-refractivity contribution in [3.05, 3.63) is 54.1 Å². The highest BCUT2D eigenvalue weighted by Crippen LogP contribution is 2.27. The minimum absolute atomic E-state index is 0.0110. The van der Waals surface area contributed by atoms with E-state index in [9.17, 15) is 9.90 Å². The summed E-state index contributed by atoms with van der Waals surface area (Å²) in [6.45, 7) is 5.50. The molecule has 0 aliphatic carbocycles. The second-order valence-electron chi connectivity index (χ2n) is 6.72. The van der Waals surface area contributed by atoms with Gasteiger partial charge in [0.1, 0.15) is 11.5 Å². The number of benzene rings is 2. The number of piperazine rings is 1. The molecule has 144 valence electrons. The lowest BCUT2D eigenvalue weighted by atomic mass is 10.1. The van der Waals surface area contributed by atoms with E-state index in [1.54, 1.807) is 13.2 Å². The van der Waals surface area contributed by atoms with E-state index in [-0.39, 0.29) is 11.9 Å². The van der Waals surface area contributed by atoms with E-state index in [4.69, 9.17) is 4.74 Å². The highest BCUT2D eigenvalue weighted by Gasteiger charge is 2.26. The van der Waals surface area contributed by atoms with Crippen LogP contribution in [0.5, 0.6) is 11.5 Å². The van der Waals surface area contributed by atoms with Gasteiger partial charge in [-0.05, 0) is 25.1 Å². The smallest absolute Gasteiger partial charge is 0.237 e. The van der Waals surface area contributed by atoms with Crippen molar-refractivity contribution in [2.24, 2.45) is 0 Å². The van der Waals surface area contributed by atoms with Crippen LogP contribution in [0.1, 0.15) is 12.5 Å². The molecule has 1 fully saturated rings. The normalized spacial score (nSPS) is 16.0. The van der Waals surface area contributed by atoms with Gasteiger partial charge in [-0.25, -0.2) is 0 Å². The van der Waals surface area contributed by atoms with Gasteiger partial charge in [0.15, 0.2) is 0 Å². The fraction of sp³-hybridized carbons (Fsp3) is 0.381. The number of phenols is 1. The Labute approximate surface area is 160 Å². The summed E-state index contributed by atoms with van der Waals surface area (Å²) in [6, 6.07) is 14.9. The molecule has 1 aliphatic heterocycles. The van der Waals surface area contributed by atoms with Crippen LogP contribution in [0.2, 0.25) is 0 Å². The molecule has 2 N–H and O–H groups in total. The largest absolute Gasteiger partial charge is 0.506 e. The molecule has 2 aromatic rings. The molecule has 1 amide bonds. The Bertz CT molecular complexity index is 773. The molecule has 6 heteroatoms. The predicted octanol–water partition coefficient (Wildman–Crippen LogP) is 2.23. The number of methoxy groups -OCH3 is 1. The molecule has 0 spiro atoms. The average Bonchev–Trinajstić information content (AvgIpc) is 2.72. The first kappa shape index (κ1) is 19.0. The number of anilines is 1. The summed E-state index contributed by atoms with van der Waals surface area (Å²) in [7, 11) is 1.63. The summed E-state index contributed by atoms with van der Waals surface area (Å²) >= 11 is 0. The van der Waals surface area contributed by atoms with Gasteiger partial charge < -0.3 is 20.1 Å². The number of rotatable bonds is 6. The van der Waals surface area contributed by atoms with Crippen molar-refractivity contribution in [2.75, 3.05) is 38.2 Å². The van der Waals surface area contributed by atoms with Gasteiger partial charge in [-0.1, -0.05) is 30.3 Å². The Morgan fingerprint density at radius 1 is 1.11 bits per heavy atom. The van der Waals surface area contributed by atoms with Gasteiger partial charge >= 0.3 is 0 Å². The molecule has 0 aromatic heterocycles. The van der Waals surface area contributed by atoms with Crippen LogP contribution in [-0.2, 0) is 11.3 Å². The molecule has 3 rings (SSSR count). The zero-order chi connectivity index (χ0) is 19.2. The van der Waals surface area contributed by atoms with Crippen LogP contribution in [-0.4, -0.2) is 55.2 Å². The quantitative estimate of drug-likeness (QED) is 0.818. The van der Waals surface area contributed by atoms with E-state index >= 15 is 0 Å². The van der Waals surface area contributed by atoms with Crippen molar-refractivity contribution >= 4 is 11.6 Å². The number of hydrogen-bond acceptors (Lipinski definition) is 5. The van der Waals surface area contributed by atoms with Gasteiger partial charge in [0.05, 0.1) is 18.8 Å². The third kappa shape index (κ3) is 4.52. The molecule has 0 saturated carbocycles. The van der Waals surface area contributed by atoms with Crippen molar-refractivity contribution in [3.63, 3.8) is 0 Å². The highest BCUT2D eigenvalue weighted by atomic mass is 16.5. The number of nitrogens with one attached hydrogen (secondary N) is 1. The third-order valence-electron chi connectivity index (χ3n) is 5.11. The average molecular weight is 369 g/mol. The van der Waals surface area contributed by atoms with Crippen LogP contribution in [0.25, 0.3) is 0 Å². The molecule has 1 atom stereocenters. The van der Waals surface area contributed by atoms with Crippen LogP contribution in [0, 0.1) is 0 Å². The second kappa shape index (κ2) is 8.77. The molecule has 27 heavy (non-hydrogen) atoms. The maximum atomic E-state index is 12.6. The third-order valence-corrected chi connectivity index (χ3v) is 5.11. The molecular weight excluding hydrogens is 342 g/mol. The zero-order valence-corrected chi connectivity index (χ0v) is 15.9. The van der Waals surface area contributed by atoms with Crippen molar-refractivity contribution in [2.45, 2.75) is 19.5 Å². The lowest BCUT2D eigenvalue weighted by molar-refractivity contribution is -0.126. The van der Waals surface area contributed by atoms with Gasteiger partial charge in [-0.3, -0.25) is 9.69 Å². The number of aromatic hydroxyl groups is 1. The Hall–Kier alpha value is -2.73.